The molecule has 0 saturated heterocycles. The van der Waals surface area contributed by atoms with Crippen molar-refractivity contribution in [2.45, 2.75) is 17.7 Å². The van der Waals surface area contributed by atoms with Crippen molar-refractivity contribution < 1.29 is 27.5 Å². The summed E-state index contributed by atoms with van der Waals surface area (Å²) < 4.78 is 36.3. The van der Waals surface area contributed by atoms with Crippen molar-refractivity contribution in [2.75, 3.05) is 34.4 Å². The molecule has 0 aliphatic carbocycles. The third-order valence-corrected chi connectivity index (χ3v) is 6.81. The summed E-state index contributed by atoms with van der Waals surface area (Å²) in [6.45, 7) is -0.0924. The van der Waals surface area contributed by atoms with Crippen molar-refractivity contribution in [3.8, 4) is 11.5 Å². The second kappa shape index (κ2) is 8.74. The molecule has 8 nitrogen and oxygen atoms in total. The normalized spacial score (nSPS) is 14.4. The van der Waals surface area contributed by atoms with E-state index in [9.17, 15) is 18.0 Å². The number of carbonyl (C=O) groups excluding carboxylic acids is 2. The molecule has 1 heterocycles. The summed E-state index contributed by atoms with van der Waals surface area (Å²) in [7, 11) is 0.744. The molecule has 1 aliphatic rings. The van der Waals surface area contributed by atoms with Gasteiger partial charge in [0, 0.05) is 13.6 Å². The Hall–Kier alpha value is -3.07. The van der Waals surface area contributed by atoms with Gasteiger partial charge in [0.15, 0.2) is 11.5 Å². The predicted molar refractivity (Wildman–Crippen MR) is 110 cm³/mol. The van der Waals surface area contributed by atoms with Gasteiger partial charge in [0.05, 0.1) is 19.8 Å². The minimum Gasteiger partial charge on any atom is -0.493 e. The Kier molecular flexibility index (Phi) is 6.31. The maximum atomic E-state index is 12.6. The van der Waals surface area contributed by atoms with E-state index in [0.717, 1.165) is 5.56 Å². The Labute approximate surface area is 176 Å². The fraction of sp³-hybridized carbons (Fsp3) is 0.333. The summed E-state index contributed by atoms with van der Waals surface area (Å²) in [5.41, 5.74) is 1.13. The molecule has 0 unspecified atom stereocenters. The van der Waals surface area contributed by atoms with Crippen LogP contribution < -0.4 is 9.47 Å². The van der Waals surface area contributed by atoms with E-state index in [1.54, 1.807) is 33.4 Å². The first-order chi connectivity index (χ1) is 14.3. The molecule has 0 atom stereocenters. The van der Waals surface area contributed by atoms with Crippen LogP contribution in [0.5, 0.6) is 11.5 Å². The molecule has 2 amide bonds. The zero-order valence-corrected chi connectivity index (χ0v) is 17.9. The zero-order valence-electron chi connectivity index (χ0n) is 17.1. The quantitative estimate of drug-likeness (QED) is 0.633. The van der Waals surface area contributed by atoms with Crippen LogP contribution in [0.2, 0.25) is 0 Å². The zero-order chi connectivity index (χ0) is 21.9. The first kappa shape index (κ1) is 21.6. The number of ether oxygens (including phenoxy) is 2. The molecular formula is C21H24N2O6S. The smallest absolute Gasteiger partial charge is 0.269 e. The van der Waals surface area contributed by atoms with Gasteiger partial charge < -0.3 is 14.4 Å². The first-order valence-corrected chi connectivity index (χ1v) is 10.8. The Balaban J connectivity index is 1.58. The van der Waals surface area contributed by atoms with Gasteiger partial charge in [0.2, 0.25) is 5.91 Å². The highest BCUT2D eigenvalue weighted by Gasteiger charge is 2.42. The SMILES string of the molecule is COc1ccc(CCCN(C)C(=O)CN2C(=O)c3ccccc3S2(=O)=O)cc1OC. The number of nitrogens with zero attached hydrogens (tertiary/aromatic N) is 2. The number of aryl methyl sites for hydroxylation is 1. The van der Waals surface area contributed by atoms with Gasteiger partial charge in [0.25, 0.3) is 15.9 Å². The Morgan fingerprint density at radius 1 is 1.07 bits per heavy atom. The van der Waals surface area contributed by atoms with E-state index < -0.39 is 28.4 Å². The van der Waals surface area contributed by atoms with E-state index in [-0.39, 0.29) is 10.5 Å². The lowest BCUT2D eigenvalue weighted by atomic mass is 10.1. The number of likely N-dealkylation sites (N-methyl/N-ethyl adjacent to an activating group) is 1. The highest BCUT2D eigenvalue weighted by molar-refractivity contribution is 7.90. The van der Waals surface area contributed by atoms with Gasteiger partial charge in [-0.1, -0.05) is 18.2 Å². The fourth-order valence-corrected chi connectivity index (χ4v) is 4.83. The van der Waals surface area contributed by atoms with Crippen LogP contribution >= 0.6 is 0 Å². The first-order valence-electron chi connectivity index (χ1n) is 9.40. The average molecular weight is 432 g/mol. The molecule has 0 N–H and O–H groups in total. The van der Waals surface area contributed by atoms with E-state index in [4.69, 9.17) is 9.47 Å². The highest BCUT2D eigenvalue weighted by Crippen LogP contribution is 2.30. The van der Waals surface area contributed by atoms with Crippen molar-refractivity contribution in [1.29, 1.82) is 0 Å². The topological polar surface area (TPSA) is 93.2 Å². The minimum absolute atomic E-state index is 0.0566. The largest absolute Gasteiger partial charge is 0.493 e. The molecule has 30 heavy (non-hydrogen) atoms. The van der Waals surface area contributed by atoms with Gasteiger partial charge in [-0.2, -0.15) is 0 Å². The van der Waals surface area contributed by atoms with E-state index in [0.29, 0.717) is 35.2 Å². The summed E-state index contributed by atoms with van der Waals surface area (Å²) >= 11 is 0. The predicted octanol–water partition coefficient (Wildman–Crippen LogP) is 1.94. The number of rotatable bonds is 8. The molecule has 0 spiro atoms. The minimum atomic E-state index is -3.99. The summed E-state index contributed by atoms with van der Waals surface area (Å²) in [5.74, 6) is 0.174. The highest BCUT2D eigenvalue weighted by atomic mass is 32.2. The molecule has 9 heteroatoms. The van der Waals surface area contributed by atoms with Crippen molar-refractivity contribution in [1.82, 2.24) is 9.21 Å². The van der Waals surface area contributed by atoms with Crippen LogP contribution in [0.4, 0.5) is 0 Å². The van der Waals surface area contributed by atoms with E-state index in [1.807, 2.05) is 18.2 Å². The molecule has 0 saturated carbocycles. The van der Waals surface area contributed by atoms with Crippen LogP contribution in [0.1, 0.15) is 22.3 Å². The molecule has 3 rings (SSSR count). The van der Waals surface area contributed by atoms with E-state index >= 15 is 0 Å². The molecule has 2 aromatic rings. The monoisotopic (exact) mass is 432 g/mol. The maximum absolute atomic E-state index is 12.6. The lowest BCUT2D eigenvalue weighted by molar-refractivity contribution is -0.129. The third kappa shape index (κ3) is 4.11. The number of sulfonamides is 1. The summed E-state index contributed by atoms with van der Waals surface area (Å²) in [6.07, 6.45) is 1.36. The number of hydrogen-bond donors (Lipinski definition) is 0. The number of amides is 2. The molecular weight excluding hydrogens is 408 g/mol. The van der Waals surface area contributed by atoms with Crippen molar-refractivity contribution in [3.63, 3.8) is 0 Å². The third-order valence-electron chi connectivity index (χ3n) is 5.02. The standard InChI is InChI=1S/C21H24N2O6S/c1-22(12-6-7-15-10-11-17(28-2)18(13-15)29-3)20(24)14-23-21(25)16-8-4-5-9-19(16)30(23,26)27/h4-5,8-11,13H,6-7,12,14H2,1-3H3. The summed E-state index contributed by atoms with van der Waals surface area (Å²) in [6, 6.07) is 11.6. The molecule has 160 valence electrons. The van der Waals surface area contributed by atoms with Crippen LogP contribution in [0.3, 0.4) is 0 Å². The van der Waals surface area contributed by atoms with Gasteiger partial charge >= 0.3 is 0 Å². The summed E-state index contributed by atoms with van der Waals surface area (Å²) in [5, 5.41) is 0. The number of benzene rings is 2. The van der Waals surface area contributed by atoms with Gasteiger partial charge in [-0.05, 0) is 42.7 Å². The summed E-state index contributed by atoms with van der Waals surface area (Å²) in [4.78, 5) is 26.4. The molecule has 0 bridgehead atoms. The second-order valence-electron chi connectivity index (χ2n) is 6.92. The van der Waals surface area contributed by atoms with Crippen LogP contribution in [-0.2, 0) is 21.2 Å². The van der Waals surface area contributed by atoms with Crippen molar-refractivity contribution >= 4 is 21.8 Å². The van der Waals surface area contributed by atoms with Gasteiger partial charge in [0.1, 0.15) is 11.4 Å². The average Bonchev–Trinajstić information content (AvgIpc) is 2.94. The van der Waals surface area contributed by atoms with E-state index in [1.165, 1.54) is 17.0 Å². The Bertz CT molecular complexity index is 1070. The fourth-order valence-electron chi connectivity index (χ4n) is 3.31. The van der Waals surface area contributed by atoms with Crippen molar-refractivity contribution in [3.05, 3.63) is 53.6 Å². The second-order valence-corrected chi connectivity index (χ2v) is 8.75. The number of carbonyl (C=O) groups is 2. The Morgan fingerprint density at radius 2 is 1.77 bits per heavy atom. The van der Waals surface area contributed by atoms with Crippen LogP contribution in [0.15, 0.2) is 47.4 Å². The van der Waals surface area contributed by atoms with Crippen LogP contribution in [-0.4, -0.2) is 63.8 Å². The Morgan fingerprint density at radius 3 is 2.43 bits per heavy atom. The molecule has 0 aromatic heterocycles. The number of methoxy groups -OCH3 is 2. The molecule has 2 aromatic carbocycles. The maximum Gasteiger partial charge on any atom is 0.269 e. The molecule has 1 aliphatic heterocycles. The molecule has 0 radical (unpaired) electrons. The lowest BCUT2D eigenvalue weighted by Gasteiger charge is -2.21. The van der Waals surface area contributed by atoms with Crippen LogP contribution in [0, 0.1) is 0 Å². The molecule has 0 fully saturated rings. The van der Waals surface area contributed by atoms with Gasteiger partial charge in [-0.3, -0.25) is 9.59 Å². The van der Waals surface area contributed by atoms with Gasteiger partial charge in [-0.25, -0.2) is 12.7 Å². The number of fused-ring (bicyclic) bond motifs is 1. The number of hydrogen-bond acceptors (Lipinski definition) is 6. The van der Waals surface area contributed by atoms with Crippen molar-refractivity contribution in [2.24, 2.45) is 0 Å². The van der Waals surface area contributed by atoms with Crippen LogP contribution in [0.25, 0.3) is 0 Å². The van der Waals surface area contributed by atoms with E-state index in [2.05, 4.69) is 0 Å². The van der Waals surface area contributed by atoms with Gasteiger partial charge in [-0.15, -0.1) is 0 Å². The lowest BCUT2D eigenvalue weighted by Crippen LogP contribution is -2.41.